The maximum atomic E-state index is 11.6. The average molecular weight is 249 g/mol. The Labute approximate surface area is 107 Å². The molecule has 0 saturated heterocycles. The summed E-state index contributed by atoms with van der Waals surface area (Å²) in [6.07, 6.45) is 7.78. The van der Waals surface area contributed by atoms with Crippen molar-refractivity contribution in [1.82, 2.24) is 9.55 Å². The minimum atomic E-state index is -0.472. The van der Waals surface area contributed by atoms with Crippen molar-refractivity contribution in [2.45, 2.75) is 39.7 Å². The van der Waals surface area contributed by atoms with E-state index in [1.165, 1.54) is 0 Å². The van der Waals surface area contributed by atoms with Gasteiger partial charge in [0, 0.05) is 13.0 Å². The number of carbonyl (C=O) groups is 1. The second-order valence-electron chi connectivity index (χ2n) is 3.93. The highest BCUT2D eigenvalue weighted by Crippen LogP contribution is 2.16. The maximum Gasteiger partial charge on any atom is 0.360 e. The molecule has 0 amide bonds. The number of rotatable bonds is 6. The predicted octanol–water partition coefficient (Wildman–Crippen LogP) is 1.75. The van der Waals surface area contributed by atoms with Gasteiger partial charge >= 0.3 is 5.97 Å². The number of carbonyl (C=O) groups excluding carboxylic acids is 1. The van der Waals surface area contributed by atoms with Crippen LogP contribution in [0.4, 0.5) is 5.82 Å². The average Bonchev–Trinajstić information content (AvgIpc) is 2.62. The number of terminal acetylenes is 1. The Bertz CT molecular complexity index is 458. The normalized spacial score (nSPS) is 10.1. The number of aryl methyl sites for hydroxylation is 1. The van der Waals surface area contributed by atoms with Crippen LogP contribution in [0.15, 0.2) is 0 Å². The zero-order chi connectivity index (χ0) is 13.5. The molecule has 1 aromatic rings. The van der Waals surface area contributed by atoms with Crippen LogP contribution in [-0.2, 0) is 11.3 Å². The lowest BCUT2D eigenvalue weighted by Crippen LogP contribution is -2.10. The number of hydrogen-bond acceptors (Lipinski definition) is 4. The van der Waals surface area contributed by atoms with Crippen LogP contribution in [0.3, 0.4) is 0 Å². The molecular weight excluding hydrogens is 230 g/mol. The van der Waals surface area contributed by atoms with E-state index in [4.69, 9.17) is 16.9 Å². The van der Waals surface area contributed by atoms with Gasteiger partial charge in [0.25, 0.3) is 0 Å². The smallest absolute Gasteiger partial charge is 0.360 e. The summed E-state index contributed by atoms with van der Waals surface area (Å²) in [5, 5.41) is 0. The largest absolute Gasteiger partial charge is 0.461 e. The standard InChI is InChI=1S/C13H19N3O2/c1-4-6-7-8-9-16-10(3)15-11(12(16)14)13(17)18-5-2/h1H,5-9,14H2,2-3H3. The van der Waals surface area contributed by atoms with Crippen LogP contribution in [0.25, 0.3) is 0 Å². The van der Waals surface area contributed by atoms with Crippen LogP contribution < -0.4 is 5.73 Å². The molecule has 0 saturated carbocycles. The number of esters is 1. The molecule has 5 nitrogen and oxygen atoms in total. The first-order valence-corrected chi connectivity index (χ1v) is 6.05. The predicted molar refractivity (Wildman–Crippen MR) is 70.0 cm³/mol. The van der Waals surface area contributed by atoms with E-state index in [1.807, 2.05) is 11.5 Å². The molecule has 5 heteroatoms. The van der Waals surface area contributed by atoms with Crippen molar-refractivity contribution in [3.8, 4) is 12.3 Å². The summed E-state index contributed by atoms with van der Waals surface area (Å²) in [5.74, 6) is 3.21. The minimum Gasteiger partial charge on any atom is -0.461 e. The third-order valence-electron chi connectivity index (χ3n) is 2.62. The van der Waals surface area contributed by atoms with Crippen LogP contribution >= 0.6 is 0 Å². The lowest BCUT2D eigenvalue weighted by atomic mass is 10.2. The third kappa shape index (κ3) is 3.27. The molecular formula is C13H19N3O2. The van der Waals surface area contributed by atoms with E-state index >= 15 is 0 Å². The molecule has 0 aliphatic carbocycles. The number of nitrogens with zero attached hydrogens (tertiary/aromatic N) is 2. The number of hydrogen-bond donors (Lipinski definition) is 1. The van der Waals surface area contributed by atoms with Crippen molar-refractivity contribution in [2.24, 2.45) is 0 Å². The third-order valence-corrected chi connectivity index (χ3v) is 2.62. The van der Waals surface area contributed by atoms with E-state index in [1.54, 1.807) is 6.92 Å². The van der Waals surface area contributed by atoms with E-state index in [9.17, 15) is 4.79 Å². The number of nitrogens with two attached hydrogens (primary N) is 1. The van der Waals surface area contributed by atoms with Crippen LogP contribution in [0.2, 0.25) is 0 Å². The highest BCUT2D eigenvalue weighted by Gasteiger charge is 2.19. The Morgan fingerprint density at radius 2 is 2.28 bits per heavy atom. The number of imidazole rings is 1. The van der Waals surface area contributed by atoms with Crippen molar-refractivity contribution in [3.05, 3.63) is 11.5 Å². The van der Waals surface area contributed by atoms with Crippen molar-refractivity contribution in [2.75, 3.05) is 12.3 Å². The van der Waals surface area contributed by atoms with Gasteiger partial charge in [-0.15, -0.1) is 12.3 Å². The zero-order valence-corrected chi connectivity index (χ0v) is 10.9. The Balaban J connectivity index is 2.75. The molecule has 0 aliphatic heterocycles. The summed E-state index contributed by atoms with van der Waals surface area (Å²) in [6.45, 7) is 4.59. The molecule has 0 bridgehead atoms. The van der Waals surface area contributed by atoms with Gasteiger partial charge in [-0.2, -0.15) is 0 Å². The first kappa shape index (κ1) is 14.1. The molecule has 98 valence electrons. The van der Waals surface area contributed by atoms with Gasteiger partial charge in [0.05, 0.1) is 6.61 Å². The van der Waals surface area contributed by atoms with Crippen LogP contribution in [0.1, 0.15) is 42.5 Å². The quantitative estimate of drug-likeness (QED) is 0.474. The number of unbranched alkanes of at least 4 members (excludes halogenated alkanes) is 2. The summed E-state index contributed by atoms with van der Waals surface area (Å²) in [7, 11) is 0. The number of aromatic nitrogens is 2. The van der Waals surface area contributed by atoms with Gasteiger partial charge in [-0.1, -0.05) is 0 Å². The molecule has 0 radical (unpaired) electrons. The zero-order valence-electron chi connectivity index (χ0n) is 10.9. The van der Waals surface area contributed by atoms with Gasteiger partial charge in [0.15, 0.2) is 5.69 Å². The SMILES string of the molecule is C#CCCCCn1c(C)nc(C(=O)OCC)c1N. The van der Waals surface area contributed by atoms with E-state index in [2.05, 4.69) is 10.9 Å². The highest BCUT2D eigenvalue weighted by molar-refractivity contribution is 5.92. The molecule has 0 spiro atoms. The van der Waals surface area contributed by atoms with Gasteiger partial charge in [0.2, 0.25) is 0 Å². The van der Waals surface area contributed by atoms with E-state index in [0.717, 1.165) is 25.1 Å². The van der Waals surface area contributed by atoms with E-state index in [-0.39, 0.29) is 5.69 Å². The fraction of sp³-hybridized carbons (Fsp3) is 0.538. The fourth-order valence-corrected chi connectivity index (χ4v) is 1.71. The molecule has 2 N–H and O–H groups in total. The Kier molecular flexibility index (Phi) is 5.25. The van der Waals surface area contributed by atoms with Gasteiger partial charge in [-0.25, -0.2) is 9.78 Å². The van der Waals surface area contributed by atoms with Crippen LogP contribution in [0.5, 0.6) is 0 Å². The lowest BCUT2D eigenvalue weighted by Gasteiger charge is -2.06. The summed E-state index contributed by atoms with van der Waals surface area (Å²) >= 11 is 0. The summed E-state index contributed by atoms with van der Waals surface area (Å²) in [6, 6.07) is 0. The molecule has 18 heavy (non-hydrogen) atoms. The molecule has 0 unspecified atom stereocenters. The first-order chi connectivity index (χ1) is 8.61. The second-order valence-corrected chi connectivity index (χ2v) is 3.93. The highest BCUT2D eigenvalue weighted by atomic mass is 16.5. The topological polar surface area (TPSA) is 70.1 Å². The monoisotopic (exact) mass is 249 g/mol. The Hall–Kier alpha value is -1.96. The van der Waals surface area contributed by atoms with Crippen LogP contribution in [-0.4, -0.2) is 22.1 Å². The second kappa shape index (κ2) is 6.70. The van der Waals surface area contributed by atoms with Crippen molar-refractivity contribution in [1.29, 1.82) is 0 Å². The number of nitrogen functional groups attached to an aromatic ring is 1. The van der Waals surface area contributed by atoms with Gasteiger partial charge in [0.1, 0.15) is 11.6 Å². The summed E-state index contributed by atoms with van der Waals surface area (Å²) < 4.78 is 6.72. The van der Waals surface area contributed by atoms with Crippen molar-refractivity contribution in [3.63, 3.8) is 0 Å². The van der Waals surface area contributed by atoms with Gasteiger partial charge in [-0.3, -0.25) is 0 Å². The minimum absolute atomic E-state index is 0.200. The molecule has 0 aliphatic rings. The number of ether oxygens (including phenoxy) is 1. The molecule has 1 heterocycles. The fourth-order valence-electron chi connectivity index (χ4n) is 1.71. The summed E-state index contributed by atoms with van der Waals surface area (Å²) in [4.78, 5) is 15.8. The van der Waals surface area contributed by atoms with E-state index in [0.29, 0.717) is 19.0 Å². The van der Waals surface area contributed by atoms with Crippen molar-refractivity contribution < 1.29 is 9.53 Å². The van der Waals surface area contributed by atoms with Crippen molar-refractivity contribution >= 4 is 11.8 Å². The molecule has 0 atom stereocenters. The maximum absolute atomic E-state index is 11.6. The summed E-state index contributed by atoms with van der Waals surface area (Å²) in [5.41, 5.74) is 6.11. The van der Waals surface area contributed by atoms with Gasteiger partial charge in [-0.05, 0) is 26.7 Å². The molecule has 1 aromatic heterocycles. The Morgan fingerprint density at radius 3 is 2.89 bits per heavy atom. The first-order valence-electron chi connectivity index (χ1n) is 6.05. The molecule has 1 rings (SSSR count). The Morgan fingerprint density at radius 1 is 1.56 bits per heavy atom. The molecule has 0 fully saturated rings. The van der Waals surface area contributed by atoms with Gasteiger partial charge < -0.3 is 15.0 Å². The van der Waals surface area contributed by atoms with E-state index < -0.39 is 5.97 Å². The number of anilines is 1. The molecule has 0 aromatic carbocycles. The van der Waals surface area contributed by atoms with Crippen LogP contribution in [0, 0.1) is 19.3 Å². The lowest BCUT2D eigenvalue weighted by molar-refractivity contribution is 0.0521.